The summed E-state index contributed by atoms with van der Waals surface area (Å²) in [6, 6.07) is 7.43. The Labute approximate surface area is 78.6 Å². The normalized spacial score (nSPS) is 9.93. The number of fused-ring (bicyclic) bond motifs is 1. The third-order valence-electron chi connectivity index (χ3n) is 1.84. The number of rotatable bonds is 0. The zero-order valence-corrected chi connectivity index (χ0v) is 7.02. The van der Waals surface area contributed by atoms with Gasteiger partial charge in [0.15, 0.2) is 0 Å². The smallest absolute Gasteiger partial charge is 0.354 e. The number of hydrogen-bond acceptors (Lipinski definition) is 4. The van der Waals surface area contributed by atoms with Gasteiger partial charge < -0.3 is 9.52 Å². The molecule has 0 unspecified atom stereocenters. The van der Waals surface area contributed by atoms with Crippen LogP contribution in [0.1, 0.15) is 5.56 Å². The number of aromatic hydroxyl groups is 1. The molecule has 1 heterocycles. The molecule has 0 spiro atoms. The van der Waals surface area contributed by atoms with Gasteiger partial charge in [-0.1, -0.05) is 0 Å². The maximum atomic E-state index is 11.1. The molecule has 0 saturated carbocycles. The highest BCUT2D eigenvalue weighted by atomic mass is 16.4. The van der Waals surface area contributed by atoms with Crippen LogP contribution in [0.4, 0.5) is 0 Å². The van der Waals surface area contributed by atoms with Gasteiger partial charge in [0.05, 0.1) is 0 Å². The molecule has 1 aromatic heterocycles. The van der Waals surface area contributed by atoms with Crippen LogP contribution in [0.3, 0.4) is 0 Å². The minimum Gasteiger partial charge on any atom is -0.508 e. The van der Waals surface area contributed by atoms with Crippen molar-refractivity contribution in [3.05, 3.63) is 40.2 Å². The lowest BCUT2D eigenvalue weighted by atomic mass is 10.2. The quantitative estimate of drug-likeness (QED) is 0.632. The second kappa shape index (κ2) is 2.89. The lowest BCUT2D eigenvalue weighted by Gasteiger charge is -1.96. The Balaban J connectivity index is 2.89. The fourth-order valence-electron chi connectivity index (χ4n) is 1.19. The number of phenols is 1. The summed E-state index contributed by atoms with van der Waals surface area (Å²) in [5.74, 6) is 0.0650. The van der Waals surface area contributed by atoms with E-state index in [4.69, 9.17) is 14.8 Å². The summed E-state index contributed by atoms with van der Waals surface area (Å²) in [6.07, 6.45) is 0. The van der Waals surface area contributed by atoms with Gasteiger partial charge in [0.25, 0.3) is 0 Å². The van der Waals surface area contributed by atoms with Crippen LogP contribution in [0.5, 0.6) is 5.75 Å². The Morgan fingerprint density at radius 3 is 2.86 bits per heavy atom. The van der Waals surface area contributed by atoms with E-state index in [1.165, 1.54) is 24.3 Å². The topological polar surface area (TPSA) is 74.2 Å². The molecule has 0 atom stereocenters. The van der Waals surface area contributed by atoms with E-state index < -0.39 is 5.63 Å². The van der Waals surface area contributed by atoms with Crippen molar-refractivity contribution in [2.45, 2.75) is 0 Å². The molecule has 0 aliphatic heterocycles. The van der Waals surface area contributed by atoms with Crippen molar-refractivity contribution in [1.29, 1.82) is 5.26 Å². The summed E-state index contributed by atoms with van der Waals surface area (Å²) in [6.45, 7) is 0. The molecule has 0 aliphatic rings. The minimum atomic E-state index is -0.661. The predicted molar refractivity (Wildman–Crippen MR) is 48.9 cm³/mol. The van der Waals surface area contributed by atoms with Crippen molar-refractivity contribution < 1.29 is 9.52 Å². The Morgan fingerprint density at radius 1 is 1.36 bits per heavy atom. The van der Waals surface area contributed by atoms with Gasteiger partial charge >= 0.3 is 5.63 Å². The van der Waals surface area contributed by atoms with Gasteiger partial charge in [-0.2, -0.15) is 5.26 Å². The second-order valence-electron chi connectivity index (χ2n) is 2.78. The van der Waals surface area contributed by atoms with Crippen molar-refractivity contribution in [3.8, 4) is 11.8 Å². The molecule has 14 heavy (non-hydrogen) atoms. The largest absolute Gasteiger partial charge is 0.508 e. The van der Waals surface area contributed by atoms with E-state index in [9.17, 15) is 4.79 Å². The van der Waals surface area contributed by atoms with E-state index in [-0.39, 0.29) is 11.3 Å². The fourth-order valence-corrected chi connectivity index (χ4v) is 1.19. The molecule has 2 rings (SSSR count). The van der Waals surface area contributed by atoms with E-state index in [1.807, 2.05) is 0 Å². The van der Waals surface area contributed by atoms with Gasteiger partial charge in [0, 0.05) is 5.39 Å². The molecule has 0 amide bonds. The third kappa shape index (κ3) is 1.21. The predicted octanol–water partition coefficient (Wildman–Crippen LogP) is 1.37. The van der Waals surface area contributed by atoms with Crippen LogP contribution in [0.2, 0.25) is 0 Å². The first-order chi connectivity index (χ1) is 6.70. The average molecular weight is 187 g/mol. The van der Waals surface area contributed by atoms with Gasteiger partial charge in [-0.25, -0.2) is 4.79 Å². The monoisotopic (exact) mass is 187 g/mol. The van der Waals surface area contributed by atoms with Crippen LogP contribution in [0, 0.1) is 11.3 Å². The van der Waals surface area contributed by atoms with E-state index in [1.54, 1.807) is 6.07 Å². The summed E-state index contributed by atoms with van der Waals surface area (Å²) < 4.78 is 4.85. The van der Waals surface area contributed by atoms with Crippen LogP contribution in [0.15, 0.2) is 33.5 Å². The molecular weight excluding hydrogens is 182 g/mol. The first-order valence-electron chi connectivity index (χ1n) is 3.87. The molecule has 0 radical (unpaired) electrons. The minimum absolute atomic E-state index is 0.0650. The molecule has 0 aliphatic carbocycles. The van der Waals surface area contributed by atoms with E-state index in [2.05, 4.69) is 0 Å². The van der Waals surface area contributed by atoms with Crippen LogP contribution < -0.4 is 5.63 Å². The van der Waals surface area contributed by atoms with E-state index in [0.717, 1.165) is 0 Å². The molecule has 4 heteroatoms. The number of nitriles is 1. The maximum absolute atomic E-state index is 11.1. The summed E-state index contributed by atoms with van der Waals surface area (Å²) in [5.41, 5.74) is -0.374. The van der Waals surface area contributed by atoms with Crippen molar-refractivity contribution in [2.75, 3.05) is 0 Å². The summed E-state index contributed by atoms with van der Waals surface area (Å²) in [7, 11) is 0. The van der Waals surface area contributed by atoms with Gasteiger partial charge in [0.2, 0.25) is 0 Å². The molecule has 1 aromatic carbocycles. The number of nitrogens with zero attached hydrogens (tertiary/aromatic N) is 1. The van der Waals surface area contributed by atoms with Crippen molar-refractivity contribution >= 4 is 11.0 Å². The number of phenolic OH excluding ortho intramolecular Hbond substituents is 1. The van der Waals surface area contributed by atoms with Gasteiger partial charge in [-0.05, 0) is 24.3 Å². The van der Waals surface area contributed by atoms with Gasteiger partial charge in [-0.3, -0.25) is 0 Å². The molecular formula is C10H5NO3. The van der Waals surface area contributed by atoms with Crippen LogP contribution in [0.25, 0.3) is 11.0 Å². The SMILES string of the molecule is N#Cc1cc2cc(O)ccc2oc1=O. The summed E-state index contributed by atoms with van der Waals surface area (Å²) in [4.78, 5) is 11.1. The Hall–Kier alpha value is -2.28. The molecule has 4 nitrogen and oxygen atoms in total. The highest BCUT2D eigenvalue weighted by molar-refractivity contribution is 5.79. The Kier molecular flexibility index (Phi) is 1.72. The van der Waals surface area contributed by atoms with E-state index >= 15 is 0 Å². The molecule has 1 N–H and O–H groups in total. The van der Waals surface area contributed by atoms with Gasteiger partial charge in [0.1, 0.15) is 23.0 Å². The lowest BCUT2D eigenvalue weighted by Crippen LogP contribution is -2.02. The second-order valence-corrected chi connectivity index (χ2v) is 2.78. The average Bonchev–Trinajstić information content (AvgIpc) is 2.17. The van der Waals surface area contributed by atoms with Crippen LogP contribution >= 0.6 is 0 Å². The summed E-state index contributed by atoms with van der Waals surface area (Å²) >= 11 is 0. The Morgan fingerprint density at radius 2 is 2.14 bits per heavy atom. The van der Waals surface area contributed by atoms with E-state index in [0.29, 0.717) is 11.0 Å². The zero-order valence-electron chi connectivity index (χ0n) is 7.02. The number of benzene rings is 1. The van der Waals surface area contributed by atoms with Gasteiger partial charge in [-0.15, -0.1) is 0 Å². The highest BCUT2D eigenvalue weighted by Crippen LogP contribution is 2.18. The maximum Gasteiger partial charge on any atom is 0.354 e. The molecule has 68 valence electrons. The molecule has 0 bridgehead atoms. The van der Waals surface area contributed by atoms with Crippen molar-refractivity contribution in [3.63, 3.8) is 0 Å². The molecule has 2 aromatic rings. The van der Waals surface area contributed by atoms with Crippen molar-refractivity contribution in [1.82, 2.24) is 0 Å². The van der Waals surface area contributed by atoms with Crippen molar-refractivity contribution in [2.24, 2.45) is 0 Å². The standard InChI is InChI=1S/C10H5NO3/c11-5-7-3-6-4-8(12)1-2-9(6)14-10(7)13/h1-4,12H. The third-order valence-corrected chi connectivity index (χ3v) is 1.84. The van der Waals surface area contributed by atoms with Crippen LogP contribution in [-0.2, 0) is 0 Å². The van der Waals surface area contributed by atoms with Crippen LogP contribution in [-0.4, -0.2) is 5.11 Å². The molecule has 0 fully saturated rings. The highest BCUT2D eigenvalue weighted by Gasteiger charge is 2.04. The molecule has 0 saturated heterocycles. The number of hydrogen-bond donors (Lipinski definition) is 1. The Bertz CT molecular complexity index is 592. The zero-order chi connectivity index (χ0) is 10.1. The first-order valence-corrected chi connectivity index (χ1v) is 3.87. The lowest BCUT2D eigenvalue weighted by molar-refractivity contribution is 0.475. The summed E-state index contributed by atoms with van der Waals surface area (Å²) in [5, 5.41) is 18.3. The fraction of sp³-hybridized carbons (Fsp3) is 0. The first kappa shape index (κ1) is 8.32.